The minimum absolute atomic E-state index is 0.554. The Morgan fingerprint density at radius 1 is 0.870 bits per heavy atom. The quantitative estimate of drug-likeness (QED) is 0.741. The van der Waals surface area contributed by atoms with Gasteiger partial charge in [-0.3, -0.25) is 4.90 Å². The molecule has 0 spiro atoms. The molecule has 0 amide bonds. The van der Waals surface area contributed by atoms with Crippen LogP contribution in [-0.2, 0) is 0 Å². The van der Waals surface area contributed by atoms with Crippen LogP contribution in [0.5, 0.6) is 0 Å². The van der Waals surface area contributed by atoms with Crippen molar-refractivity contribution < 1.29 is 0 Å². The number of rotatable bonds is 2. The molecular weight excluding hydrogens is 306 g/mol. The summed E-state index contributed by atoms with van der Waals surface area (Å²) in [6, 6.07) is 12.9. The van der Waals surface area contributed by atoms with E-state index in [9.17, 15) is 0 Å². The number of aliphatic imine (C=N–C) groups is 1. The van der Waals surface area contributed by atoms with E-state index in [-0.39, 0.29) is 0 Å². The fraction of sp³-hybridized carbons (Fsp3) is 0.316. The first kappa shape index (κ1) is 15.9. The lowest BCUT2D eigenvalue weighted by Gasteiger charge is -2.36. The number of halogens is 1. The number of anilines is 2. The van der Waals surface area contributed by atoms with Gasteiger partial charge < -0.3 is 4.90 Å². The van der Waals surface area contributed by atoms with E-state index in [2.05, 4.69) is 78.9 Å². The Labute approximate surface area is 143 Å². The van der Waals surface area contributed by atoms with Crippen LogP contribution in [0.4, 0.5) is 11.4 Å². The van der Waals surface area contributed by atoms with E-state index in [4.69, 9.17) is 11.6 Å². The van der Waals surface area contributed by atoms with Crippen molar-refractivity contribution in [3.05, 3.63) is 58.7 Å². The van der Waals surface area contributed by atoms with Crippen molar-refractivity contribution in [2.75, 3.05) is 23.1 Å². The molecule has 2 aromatic rings. The Hall–Kier alpha value is -2.00. The molecule has 0 saturated heterocycles. The normalized spacial score (nSPS) is 14.9. The molecule has 0 fully saturated rings. The average Bonchev–Trinajstić information content (AvgIpc) is 2.49. The predicted octanol–water partition coefficient (Wildman–Crippen LogP) is 4.76. The predicted molar refractivity (Wildman–Crippen MR) is 99.8 cm³/mol. The molecular formula is C19H22ClN3. The van der Waals surface area contributed by atoms with Gasteiger partial charge in [0, 0.05) is 11.4 Å². The zero-order valence-corrected chi connectivity index (χ0v) is 14.9. The molecule has 0 radical (unpaired) electrons. The van der Waals surface area contributed by atoms with Crippen LogP contribution in [0.2, 0.25) is 0 Å². The van der Waals surface area contributed by atoms with Gasteiger partial charge in [-0.05, 0) is 62.6 Å². The van der Waals surface area contributed by atoms with Crippen LogP contribution in [0, 0.1) is 27.7 Å². The summed E-state index contributed by atoms with van der Waals surface area (Å²) >= 11 is 6.40. The molecule has 120 valence electrons. The molecule has 2 aromatic carbocycles. The number of aryl methyl sites for hydroxylation is 4. The first-order chi connectivity index (χ1) is 11.0. The van der Waals surface area contributed by atoms with Crippen LogP contribution in [0.25, 0.3) is 0 Å². The topological polar surface area (TPSA) is 18.8 Å². The van der Waals surface area contributed by atoms with E-state index in [0.29, 0.717) is 18.6 Å². The van der Waals surface area contributed by atoms with Gasteiger partial charge in [0.25, 0.3) is 0 Å². The molecule has 1 aliphatic rings. The van der Waals surface area contributed by atoms with Crippen LogP contribution in [0.15, 0.2) is 41.4 Å². The highest BCUT2D eigenvalue weighted by Crippen LogP contribution is 2.28. The lowest BCUT2D eigenvalue weighted by molar-refractivity contribution is 0.777. The standard InChI is InChI=1S/C19H22ClN3/c1-13-5-7-17(15(3)9-13)22-11-21-19(20)23(12-22)18-8-6-14(2)10-16(18)4/h5-10H,11-12H2,1-4H3. The monoisotopic (exact) mass is 327 g/mol. The van der Waals surface area contributed by atoms with Crippen molar-refractivity contribution in [3.63, 3.8) is 0 Å². The van der Waals surface area contributed by atoms with Gasteiger partial charge in [-0.15, -0.1) is 0 Å². The lowest BCUT2D eigenvalue weighted by atomic mass is 10.1. The van der Waals surface area contributed by atoms with E-state index in [1.165, 1.54) is 27.9 Å². The van der Waals surface area contributed by atoms with E-state index in [0.717, 1.165) is 5.69 Å². The van der Waals surface area contributed by atoms with Gasteiger partial charge in [-0.25, -0.2) is 4.99 Å². The molecule has 0 bridgehead atoms. The van der Waals surface area contributed by atoms with Gasteiger partial charge >= 0.3 is 0 Å². The number of amidine groups is 1. The summed E-state index contributed by atoms with van der Waals surface area (Å²) in [6.45, 7) is 9.77. The van der Waals surface area contributed by atoms with Crippen LogP contribution < -0.4 is 9.80 Å². The summed E-state index contributed by atoms with van der Waals surface area (Å²) in [7, 11) is 0. The Morgan fingerprint density at radius 3 is 2.00 bits per heavy atom. The van der Waals surface area contributed by atoms with Crippen LogP contribution in [-0.4, -0.2) is 18.6 Å². The fourth-order valence-corrected chi connectivity index (χ4v) is 3.30. The van der Waals surface area contributed by atoms with Gasteiger partial charge in [-0.1, -0.05) is 35.4 Å². The van der Waals surface area contributed by atoms with Gasteiger partial charge in [0.05, 0.1) is 6.67 Å². The number of hydrogen-bond donors (Lipinski definition) is 0. The molecule has 23 heavy (non-hydrogen) atoms. The van der Waals surface area contributed by atoms with Crippen molar-refractivity contribution in [2.24, 2.45) is 4.99 Å². The van der Waals surface area contributed by atoms with Crippen LogP contribution in [0.1, 0.15) is 22.3 Å². The third-order valence-electron chi connectivity index (χ3n) is 4.24. The second-order valence-corrected chi connectivity index (χ2v) is 6.60. The summed E-state index contributed by atoms with van der Waals surface area (Å²) in [5.74, 6) is 0. The van der Waals surface area contributed by atoms with E-state index in [1.807, 2.05) is 0 Å². The third kappa shape index (κ3) is 3.20. The molecule has 0 aromatic heterocycles. The molecule has 0 unspecified atom stereocenters. The summed E-state index contributed by atoms with van der Waals surface area (Å²) < 4.78 is 0. The fourth-order valence-electron chi connectivity index (χ4n) is 3.10. The minimum atomic E-state index is 0.554. The number of benzene rings is 2. The Morgan fingerprint density at radius 2 is 1.43 bits per heavy atom. The third-order valence-corrected chi connectivity index (χ3v) is 4.57. The lowest BCUT2D eigenvalue weighted by Crippen LogP contribution is -2.45. The molecule has 1 heterocycles. The molecule has 3 rings (SSSR count). The Balaban J connectivity index is 1.94. The Kier molecular flexibility index (Phi) is 4.31. The molecule has 1 aliphatic heterocycles. The molecule has 3 nitrogen and oxygen atoms in total. The number of nitrogens with zero attached hydrogens (tertiary/aromatic N) is 3. The highest BCUT2D eigenvalue weighted by Gasteiger charge is 2.23. The summed E-state index contributed by atoms with van der Waals surface area (Å²) in [4.78, 5) is 8.83. The van der Waals surface area contributed by atoms with Crippen molar-refractivity contribution in [3.8, 4) is 0 Å². The first-order valence-corrected chi connectivity index (χ1v) is 8.20. The van der Waals surface area contributed by atoms with Crippen molar-refractivity contribution in [1.82, 2.24) is 0 Å². The van der Waals surface area contributed by atoms with Crippen molar-refractivity contribution in [2.45, 2.75) is 27.7 Å². The van der Waals surface area contributed by atoms with Crippen molar-refractivity contribution >= 4 is 28.3 Å². The highest BCUT2D eigenvalue weighted by molar-refractivity contribution is 6.68. The van der Waals surface area contributed by atoms with Crippen LogP contribution in [0.3, 0.4) is 0 Å². The summed E-state index contributed by atoms with van der Waals surface area (Å²) in [6.07, 6.45) is 0. The summed E-state index contributed by atoms with van der Waals surface area (Å²) in [5, 5.41) is 0.554. The van der Waals surface area contributed by atoms with Gasteiger partial charge in [0.1, 0.15) is 6.67 Å². The summed E-state index contributed by atoms with van der Waals surface area (Å²) in [5.41, 5.74) is 7.32. The molecule has 0 saturated carbocycles. The smallest absolute Gasteiger partial charge is 0.201 e. The van der Waals surface area contributed by atoms with E-state index >= 15 is 0 Å². The highest BCUT2D eigenvalue weighted by atomic mass is 35.5. The maximum absolute atomic E-state index is 6.40. The van der Waals surface area contributed by atoms with E-state index < -0.39 is 0 Å². The van der Waals surface area contributed by atoms with E-state index in [1.54, 1.807) is 0 Å². The maximum Gasteiger partial charge on any atom is 0.201 e. The molecule has 0 aliphatic carbocycles. The molecule has 0 atom stereocenters. The first-order valence-electron chi connectivity index (χ1n) is 7.82. The SMILES string of the molecule is Cc1ccc(N2CN=C(Cl)N(c3ccc(C)cc3C)C2)c(C)c1. The zero-order valence-electron chi connectivity index (χ0n) is 14.1. The average molecular weight is 328 g/mol. The maximum atomic E-state index is 6.40. The number of hydrogen-bond acceptors (Lipinski definition) is 3. The Bertz CT molecular complexity index is 767. The van der Waals surface area contributed by atoms with Crippen LogP contribution >= 0.6 is 11.6 Å². The molecule has 0 N–H and O–H groups in total. The van der Waals surface area contributed by atoms with Gasteiger partial charge in [0.2, 0.25) is 5.29 Å². The van der Waals surface area contributed by atoms with Gasteiger partial charge in [-0.2, -0.15) is 0 Å². The second-order valence-electron chi connectivity index (χ2n) is 6.26. The van der Waals surface area contributed by atoms with Crippen molar-refractivity contribution in [1.29, 1.82) is 0 Å². The van der Waals surface area contributed by atoms with Gasteiger partial charge in [0.15, 0.2) is 0 Å². The molecule has 4 heteroatoms. The minimum Gasteiger partial charge on any atom is -0.333 e. The largest absolute Gasteiger partial charge is 0.333 e. The zero-order chi connectivity index (χ0) is 16.6. The second kappa shape index (κ2) is 6.25.